The number of hydrogen-bond donors (Lipinski definition) is 1. The van der Waals surface area contributed by atoms with Crippen molar-refractivity contribution in [1.29, 1.82) is 0 Å². The van der Waals surface area contributed by atoms with Crippen LogP contribution in [0.2, 0.25) is 0 Å². The molecular formula is C22H22N4O3. The van der Waals surface area contributed by atoms with Gasteiger partial charge in [0.25, 0.3) is 5.91 Å². The van der Waals surface area contributed by atoms with E-state index in [-0.39, 0.29) is 11.9 Å². The maximum atomic E-state index is 12.7. The highest BCUT2D eigenvalue weighted by molar-refractivity contribution is 6.05. The number of nitrogens with one attached hydrogen (secondary N) is 1. The standard InChI is InChI=1S/C22H22N4O3/c1-2-29-22(28)17-13-24-18-8-4-3-7-16(18)20(17)25-15-10-12-26(14-15)21(27)19-9-5-6-11-23-19/h3-9,11,13,15H,2,10,12,14H2,1H3,(H,24,25). The molecule has 29 heavy (non-hydrogen) atoms. The molecule has 1 saturated heterocycles. The molecule has 0 saturated carbocycles. The maximum absolute atomic E-state index is 12.7. The Balaban J connectivity index is 1.58. The Labute approximate surface area is 168 Å². The van der Waals surface area contributed by atoms with Crippen molar-refractivity contribution < 1.29 is 14.3 Å². The molecule has 0 radical (unpaired) electrons. The van der Waals surface area contributed by atoms with Crippen molar-refractivity contribution in [3.63, 3.8) is 0 Å². The number of aromatic nitrogens is 2. The first-order valence-corrected chi connectivity index (χ1v) is 9.69. The topological polar surface area (TPSA) is 84.4 Å². The Morgan fingerprint density at radius 1 is 1.17 bits per heavy atom. The van der Waals surface area contributed by atoms with Crippen LogP contribution in [0.25, 0.3) is 10.9 Å². The number of benzene rings is 1. The van der Waals surface area contributed by atoms with Crippen LogP contribution in [-0.4, -0.2) is 52.5 Å². The summed E-state index contributed by atoms with van der Waals surface area (Å²) in [6.07, 6.45) is 3.94. The summed E-state index contributed by atoms with van der Waals surface area (Å²) in [5, 5.41) is 4.33. The molecular weight excluding hydrogens is 368 g/mol. The number of amides is 1. The predicted octanol–water partition coefficient (Wildman–Crippen LogP) is 3.13. The number of nitrogens with zero attached hydrogens (tertiary/aromatic N) is 3. The Morgan fingerprint density at radius 2 is 2.00 bits per heavy atom. The second kappa shape index (κ2) is 8.26. The highest BCUT2D eigenvalue weighted by Gasteiger charge is 2.29. The predicted molar refractivity (Wildman–Crippen MR) is 110 cm³/mol. The van der Waals surface area contributed by atoms with Crippen LogP contribution >= 0.6 is 0 Å². The highest BCUT2D eigenvalue weighted by atomic mass is 16.5. The summed E-state index contributed by atoms with van der Waals surface area (Å²) in [6.45, 7) is 3.23. The van der Waals surface area contributed by atoms with Crippen LogP contribution in [0.4, 0.5) is 5.69 Å². The van der Waals surface area contributed by atoms with Crippen molar-refractivity contribution in [2.24, 2.45) is 0 Å². The zero-order chi connectivity index (χ0) is 20.2. The molecule has 1 aliphatic heterocycles. The molecule has 3 aromatic rings. The lowest BCUT2D eigenvalue weighted by atomic mass is 10.1. The number of para-hydroxylation sites is 1. The number of rotatable bonds is 5. The van der Waals surface area contributed by atoms with Crippen LogP contribution in [0.5, 0.6) is 0 Å². The van der Waals surface area contributed by atoms with Gasteiger partial charge in [0.1, 0.15) is 11.3 Å². The van der Waals surface area contributed by atoms with Crippen molar-refractivity contribution in [2.75, 3.05) is 25.0 Å². The van der Waals surface area contributed by atoms with Gasteiger partial charge < -0.3 is 15.0 Å². The average Bonchev–Trinajstić information content (AvgIpc) is 3.23. The van der Waals surface area contributed by atoms with Gasteiger partial charge in [-0.15, -0.1) is 0 Å². The van der Waals surface area contributed by atoms with Crippen molar-refractivity contribution >= 4 is 28.5 Å². The molecule has 148 valence electrons. The maximum Gasteiger partial charge on any atom is 0.341 e. The summed E-state index contributed by atoms with van der Waals surface area (Å²) >= 11 is 0. The minimum Gasteiger partial charge on any atom is -0.462 e. The van der Waals surface area contributed by atoms with Crippen molar-refractivity contribution in [2.45, 2.75) is 19.4 Å². The molecule has 0 bridgehead atoms. The molecule has 3 heterocycles. The first-order valence-electron chi connectivity index (χ1n) is 9.69. The molecule has 1 amide bonds. The number of likely N-dealkylation sites (tertiary alicyclic amines) is 1. The number of carbonyl (C=O) groups is 2. The van der Waals surface area contributed by atoms with Crippen molar-refractivity contribution in [1.82, 2.24) is 14.9 Å². The molecule has 1 aromatic carbocycles. The summed E-state index contributed by atoms with van der Waals surface area (Å²) in [5.74, 6) is -0.493. The third-order valence-electron chi connectivity index (χ3n) is 4.98. The summed E-state index contributed by atoms with van der Waals surface area (Å²) in [7, 11) is 0. The van der Waals surface area contributed by atoms with Gasteiger partial charge in [-0.05, 0) is 31.5 Å². The smallest absolute Gasteiger partial charge is 0.341 e. The SMILES string of the molecule is CCOC(=O)c1cnc2ccccc2c1NC1CCN(C(=O)c2ccccn2)C1. The lowest BCUT2D eigenvalue weighted by Crippen LogP contribution is -2.32. The number of pyridine rings is 2. The summed E-state index contributed by atoms with van der Waals surface area (Å²) in [5.41, 5.74) is 2.34. The van der Waals surface area contributed by atoms with E-state index >= 15 is 0 Å². The van der Waals surface area contributed by atoms with Gasteiger partial charge >= 0.3 is 5.97 Å². The Morgan fingerprint density at radius 3 is 2.79 bits per heavy atom. The first-order chi connectivity index (χ1) is 14.2. The van der Waals surface area contributed by atoms with E-state index in [0.29, 0.717) is 36.6 Å². The quantitative estimate of drug-likeness (QED) is 0.674. The number of esters is 1. The van der Waals surface area contributed by atoms with Crippen LogP contribution in [0.1, 0.15) is 34.2 Å². The van der Waals surface area contributed by atoms with Crippen molar-refractivity contribution in [3.05, 3.63) is 66.1 Å². The molecule has 4 rings (SSSR count). The zero-order valence-corrected chi connectivity index (χ0v) is 16.2. The van der Waals surface area contributed by atoms with Gasteiger partial charge in [-0.25, -0.2) is 4.79 Å². The zero-order valence-electron chi connectivity index (χ0n) is 16.2. The fourth-order valence-corrected chi connectivity index (χ4v) is 3.58. The molecule has 1 unspecified atom stereocenters. The molecule has 1 atom stereocenters. The van der Waals surface area contributed by atoms with E-state index in [4.69, 9.17) is 4.74 Å². The molecule has 7 heteroatoms. The monoisotopic (exact) mass is 390 g/mol. The second-order valence-corrected chi connectivity index (χ2v) is 6.88. The molecule has 7 nitrogen and oxygen atoms in total. The van der Waals surface area contributed by atoms with E-state index in [2.05, 4.69) is 15.3 Å². The number of fused-ring (bicyclic) bond motifs is 1. The number of carbonyl (C=O) groups excluding carboxylic acids is 2. The lowest BCUT2D eigenvalue weighted by molar-refractivity contribution is 0.0527. The van der Waals surface area contributed by atoms with Gasteiger partial charge in [-0.3, -0.25) is 14.8 Å². The summed E-state index contributed by atoms with van der Waals surface area (Å²) in [6, 6.07) is 13.0. The Hall–Kier alpha value is -3.48. The Kier molecular flexibility index (Phi) is 5.37. The molecule has 1 N–H and O–H groups in total. The van der Waals surface area contributed by atoms with Gasteiger partial charge in [0.05, 0.1) is 17.8 Å². The average molecular weight is 390 g/mol. The molecule has 2 aromatic heterocycles. The minimum atomic E-state index is -0.410. The van der Waals surface area contributed by atoms with E-state index in [0.717, 1.165) is 17.3 Å². The van der Waals surface area contributed by atoms with E-state index in [1.165, 1.54) is 0 Å². The largest absolute Gasteiger partial charge is 0.462 e. The first kappa shape index (κ1) is 18.9. The number of hydrogen-bond acceptors (Lipinski definition) is 6. The lowest BCUT2D eigenvalue weighted by Gasteiger charge is -2.20. The van der Waals surface area contributed by atoms with Gasteiger partial charge in [0, 0.05) is 36.9 Å². The fourth-order valence-electron chi connectivity index (χ4n) is 3.58. The summed E-state index contributed by atoms with van der Waals surface area (Å²) in [4.78, 5) is 35.5. The van der Waals surface area contributed by atoms with Crippen LogP contribution in [0.15, 0.2) is 54.9 Å². The molecule has 0 aliphatic carbocycles. The molecule has 0 spiro atoms. The van der Waals surface area contributed by atoms with Gasteiger partial charge in [-0.1, -0.05) is 24.3 Å². The van der Waals surface area contributed by atoms with Crippen LogP contribution in [0.3, 0.4) is 0 Å². The third-order valence-corrected chi connectivity index (χ3v) is 4.98. The van der Waals surface area contributed by atoms with E-state index in [1.807, 2.05) is 24.3 Å². The Bertz CT molecular complexity index is 1040. The van der Waals surface area contributed by atoms with Crippen LogP contribution in [-0.2, 0) is 4.74 Å². The van der Waals surface area contributed by atoms with Crippen LogP contribution in [0, 0.1) is 0 Å². The van der Waals surface area contributed by atoms with Crippen LogP contribution < -0.4 is 5.32 Å². The number of anilines is 1. The van der Waals surface area contributed by atoms with E-state index < -0.39 is 5.97 Å². The minimum absolute atomic E-state index is 0.0154. The molecule has 1 aliphatic rings. The summed E-state index contributed by atoms with van der Waals surface area (Å²) < 4.78 is 5.21. The normalized spacial score (nSPS) is 16.0. The van der Waals surface area contributed by atoms with Gasteiger partial charge in [0.15, 0.2) is 0 Å². The van der Waals surface area contributed by atoms with Crippen molar-refractivity contribution in [3.8, 4) is 0 Å². The van der Waals surface area contributed by atoms with Gasteiger partial charge in [0.2, 0.25) is 0 Å². The second-order valence-electron chi connectivity index (χ2n) is 6.88. The fraction of sp³-hybridized carbons (Fsp3) is 0.273. The highest BCUT2D eigenvalue weighted by Crippen LogP contribution is 2.29. The van der Waals surface area contributed by atoms with Gasteiger partial charge in [-0.2, -0.15) is 0 Å². The van der Waals surface area contributed by atoms with E-state index in [1.54, 1.807) is 42.4 Å². The number of ether oxygens (including phenoxy) is 1. The van der Waals surface area contributed by atoms with E-state index in [9.17, 15) is 9.59 Å². The third kappa shape index (κ3) is 3.89. The molecule has 1 fully saturated rings.